The fraction of sp³-hybridized carbons (Fsp3) is 0.356. The molecule has 0 bridgehead atoms. The van der Waals surface area contributed by atoms with Crippen LogP contribution in [-0.4, -0.2) is 61.5 Å². The molecule has 9 nitrogen and oxygen atoms in total. The van der Waals surface area contributed by atoms with E-state index in [-0.39, 0.29) is 54.3 Å². The van der Waals surface area contributed by atoms with Crippen molar-refractivity contribution in [2.45, 2.75) is 64.6 Å². The van der Waals surface area contributed by atoms with Crippen LogP contribution in [0.2, 0.25) is 0 Å². The van der Waals surface area contributed by atoms with Crippen molar-refractivity contribution in [1.29, 1.82) is 0 Å². The summed E-state index contributed by atoms with van der Waals surface area (Å²) in [6.45, 7) is 7.17. The lowest BCUT2D eigenvalue weighted by molar-refractivity contribution is -0.137. The highest BCUT2D eigenvalue weighted by atomic mass is 19.4. The summed E-state index contributed by atoms with van der Waals surface area (Å²) in [6, 6.07) is 12.9. The highest BCUT2D eigenvalue weighted by Crippen LogP contribution is 2.44. The topological polar surface area (TPSA) is 117 Å². The van der Waals surface area contributed by atoms with Crippen molar-refractivity contribution in [2.24, 2.45) is 11.1 Å². The third kappa shape index (κ3) is 8.88. The number of fused-ring (bicyclic) bond motifs is 2. The number of nitrogens with one attached hydrogen (secondary N) is 2. The molecule has 14 heteroatoms. The van der Waals surface area contributed by atoms with E-state index in [4.69, 9.17) is 10.5 Å². The minimum absolute atomic E-state index is 0.0923. The van der Waals surface area contributed by atoms with Crippen molar-refractivity contribution in [1.82, 2.24) is 4.90 Å². The second-order valence-corrected chi connectivity index (χ2v) is 15.7. The number of hydrogen-bond acceptors (Lipinski definition) is 6. The van der Waals surface area contributed by atoms with Crippen LogP contribution in [0, 0.1) is 17.0 Å². The van der Waals surface area contributed by atoms with Crippen molar-refractivity contribution in [3.63, 3.8) is 0 Å². The van der Waals surface area contributed by atoms with Gasteiger partial charge in [0, 0.05) is 78.0 Å². The number of benzene rings is 3. The summed E-state index contributed by atoms with van der Waals surface area (Å²) in [6.07, 6.45) is 3.51. The zero-order chi connectivity index (χ0) is 42.1. The molecule has 3 heterocycles. The molecular weight excluding hydrogens is 770 g/mol. The molecule has 4 N–H and O–H groups in total. The van der Waals surface area contributed by atoms with Crippen LogP contribution >= 0.6 is 0 Å². The van der Waals surface area contributed by atoms with E-state index >= 15 is 0 Å². The van der Waals surface area contributed by atoms with Crippen LogP contribution < -0.4 is 21.3 Å². The molecule has 0 aromatic heterocycles. The number of para-hydroxylation sites is 1. The first-order valence-electron chi connectivity index (χ1n) is 19.7. The summed E-state index contributed by atoms with van der Waals surface area (Å²) in [5, 5.41) is 5.11. The van der Waals surface area contributed by atoms with Crippen LogP contribution in [0.25, 0.3) is 5.57 Å². The Balaban J connectivity index is 1.07. The molecule has 3 aromatic rings. The fourth-order valence-corrected chi connectivity index (χ4v) is 8.57. The summed E-state index contributed by atoms with van der Waals surface area (Å²) in [4.78, 5) is 45.1. The van der Waals surface area contributed by atoms with Gasteiger partial charge in [0.2, 0.25) is 0 Å². The van der Waals surface area contributed by atoms with E-state index in [1.54, 1.807) is 55.5 Å². The number of carbonyl (C=O) groups excluding carboxylic acids is 3. The summed E-state index contributed by atoms with van der Waals surface area (Å²) < 4.78 is 75.8. The Bertz CT molecular complexity index is 2260. The highest BCUT2D eigenvalue weighted by molar-refractivity contribution is 6.10. The molecule has 3 amide bonds. The van der Waals surface area contributed by atoms with Gasteiger partial charge in [0.1, 0.15) is 11.6 Å². The predicted octanol–water partition coefficient (Wildman–Crippen LogP) is 8.77. The van der Waals surface area contributed by atoms with E-state index in [0.29, 0.717) is 46.3 Å². The van der Waals surface area contributed by atoms with Gasteiger partial charge in [-0.3, -0.25) is 19.3 Å². The lowest BCUT2D eigenvalue weighted by Crippen LogP contribution is -2.62. The molecule has 3 aromatic carbocycles. The Morgan fingerprint density at radius 1 is 0.949 bits per heavy atom. The lowest BCUT2D eigenvalue weighted by atomic mass is 9.72. The van der Waals surface area contributed by atoms with Crippen LogP contribution in [0.1, 0.15) is 73.9 Å². The van der Waals surface area contributed by atoms with Crippen LogP contribution in [0.3, 0.4) is 0 Å². The Morgan fingerprint density at radius 2 is 1.68 bits per heavy atom. The molecule has 1 unspecified atom stereocenters. The maximum Gasteiger partial charge on any atom is 0.418 e. The zero-order valence-corrected chi connectivity index (χ0v) is 32.9. The number of nitrogens with zero attached hydrogens (tertiary/aromatic N) is 2. The first-order valence-corrected chi connectivity index (χ1v) is 19.7. The molecule has 1 aliphatic carbocycles. The smallest absolute Gasteiger partial charge is 0.402 e. The van der Waals surface area contributed by atoms with E-state index in [1.165, 1.54) is 17.0 Å². The first-order chi connectivity index (χ1) is 28.2. The van der Waals surface area contributed by atoms with Crippen molar-refractivity contribution in [3.05, 3.63) is 130 Å². The normalized spacial score (nSPS) is 18.9. The van der Waals surface area contributed by atoms with Gasteiger partial charge in [0.15, 0.2) is 0 Å². The lowest BCUT2D eigenvalue weighted by Gasteiger charge is -2.55. The van der Waals surface area contributed by atoms with Crippen LogP contribution in [0.5, 0.6) is 0 Å². The Kier molecular flexibility index (Phi) is 11.9. The van der Waals surface area contributed by atoms with Crippen LogP contribution in [0.4, 0.5) is 39.0 Å². The summed E-state index contributed by atoms with van der Waals surface area (Å²) in [5.74, 6) is -3.36. The van der Waals surface area contributed by atoms with Crippen molar-refractivity contribution >= 4 is 40.4 Å². The number of alkyl halides is 3. The second-order valence-electron chi connectivity index (χ2n) is 15.7. The standard InChI is InChI=1S/C45H46F5N5O4/c1-3-38(54-25-44(26-54)18-21-59-22-19-44)35(14-7-27(2)51)42(57)52-32-12-8-28(9-13-32)43(58)55-20-17-29-23-30(10-15-33(29)34-16-11-31(46)24-39(34)55)41(56)53-40-36(45(48,49)50)5-4-6-37(40)47/h4-9,11-14,16,23-24,38H,3,10,15,17-22,25-26,51H2,1-2H3,(H,52,57)(H,53,56)/b27-7-,35-14+. The Hall–Kier alpha value is -5.60. The molecule has 1 spiro atoms. The zero-order valence-electron chi connectivity index (χ0n) is 32.9. The quantitative estimate of drug-likeness (QED) is 0.113. The Morgan fingerprint density at radius 3 is 2.36 bits per heavy atom. The number of rotatable bonds is 9. The molecule has 0 radical (unpaired) electrons. The molecule has 2 fully saturated rings. The van der Waals surface area contributed by atoms with Crippen molar-refractivity contribution in [2.75, 3.05) is 48.4 Å². The molecular formula is C45H46F5N5O4. The number of anilines is 3. The third-order valence-electron chi connectivity index (χ3n) is 11.6. The van der Waals surface area contributed by atoms with Gasteiger partial charge >= 0.3 is 6.18 Å². The number of hydrogen-bond donors (Lipinski definition) is 3. The van der Waals surface area contributed by atoms with Gasteiger partial charge in [-0.15, -0.1) is 0 Å². The monoisotopic (exact) mass is 815 g/mol. The molecule has 0 saturated carbocycles. The van der Waals surface area contributed by atoms with Gasteiger partial charge in [-0.1, -0.05) is 19.1 Å². The number of allylic oxidation sites excluding steroid dienone is 5. The maximum atomic E-state index is 14.8. The summed E-state index contributed by atoms with van der Waals surface area (Å²) >= 11 is 0. The minimum atomic E-state index is -4.89. The molecule has 2 saturated heterocycles. The second kappa shape index (κ2) is 16.9. The van der Waals surface area contributed by atoms with E-state index < -0.39 is 40.9 Å². The van der Waals surface area contributed by atoms with Crippen LogP contribution in [0.15, 0.2) is 101 Å². The molecule has 1 atom stereocenters. The van der Waals surface area contributed by atoms with E-state index in [0.717, 1.165) is 56.9 Å². The fourth-order valence-electron chi connectivity index (χ4n) is 8.57. The number of likely N-dealkylation sites (tertiary alicyclic amines) is 1. The minimum Gasteiger partial charge on any atom is -0.402 e. The number of halogens is 5. The van der Waals surface area contributed by atoms with E-state index in [1.807, 2.05) is 0 Å². The van der Waals surface area contributed by atoms with Gasteiger partial charge in [-0.2, -0.15) is 13.2 Å². The maximum absolute atomic E-state index is 14.8. The molecule has 310 valence electrons. The average molecular weight is 816 g/mol. The SMILES string of the molecule is CCC(/C(=C\C=C(\C)N)C(=O)Nc1ccc(C(=O)N2CCC3=C(CCC(C(=O)Nc4c(F)cccc4C(F)(F)F)=C3)c3ccc(F)cc32)cc1)N1CC2(CCOCC2)C1. The largest absolute Gasteiger partial charge is 0.418 e. The number of nitrogens with two attached hydrogens (primary N) is 1. The van der Waals surface area contributed by atoms with Gasteiger partial charge in [-0.25, -0.2) is 8.78 Å². The van der Waals surface area contributed by atoms with Crippen molar-refractivity contribution < 1.29 is 41.1 Å². The molecule has 3 aliphatic heterocycles. The third-order valence-corrected chi connectivity index (χ3v) is 11.6. The molecule has 7 rings (SSSR count). The number of ether oxygens (including phenoxy) is 1. The van der Waals surface area contributed by atoms with Crippen LogP contribution in [-0.2, 0) is 20.5 Å². The van der Waals surface area contributed by atoms with Gasteiger partial charge in [0.25, 0.3) is 17.7 Å². The Labute approximate surface area is 339 Å². The van der Waals surface area contributed by atoms with Gasteiger partial charge in [-0.05, 0) is 123 Å². The van der Waals surface area contributed by atoms with E-state index in [9.17, 15) is 36.3 Å². The number of carbonyl (C=O) groups is 3. The molecule has 59 heavy (non-hydrogen) atoms. The van der Waals surface area contributed by atoms with Crippen molar-refractivity contribution in [3.8, 4) is 0 Å². The highest BCUT2D eigenvalue weighted by Gasteiger charge is 2.47. The summed E-state index contributed by atoms with van der Waals surface area (Å²) in [7, 11) is 0. The predicted molar refractivity (Wildman–Crippen MR) is 216 cm³/mol. The number of amides is 3. The van der Waals surface area contributed by atoms with Gasteiger partial charge in [0.05, 0.1) is 16.9 Å². The average Bonchev–Trinajstić information content (AvgIpc) is 3.35. The summed E-state index contributed by atoms with van der Waals surface area (Å²) in [5.41, 5.74) is 8.29. The molecule has 4 aliphatic rings. The van der Waals surface area contributed by atoms with Gasteiger partial charge < -0.3 is 26.0 Å². The van der Waals surface area contributed by atoms with E-state index in [2.05, 4.69) is 22.5 Å². The first kappa shape index (κ1) is 41.6.